The van der Waals surface area contributed by atoms with Crippen molar-refractivity contribution < 1.29 is 4.42 Å². The fraction of sp³-hybridized carbons (Fsp3) is 0.133. The quantitative estimate of drug-likeness (QED) is 0.584. The monoisotopic (exact) mass is 335 g/mol. The maximum atomic E-state index is 6.10. The molecule has 0 atom stereocenters. The Morgan fingerprint density at radius 1 is 1.16 bits per heavy atom. The van der Waals surface area contributed by atoms with Crippen LogP contribution < -0.4 is 0 Å². The van der Waals surface area contributed by atoms with Crippen LogP contribution in [0, 0.1) is 13.8 Å². The summed E-state index contributed by atoms with van der Waals surface area (Å²) in [7, 11) is 0. The summed E-state index contributed by atoms with van der Waals surface area (Å²) in [6.07, 6.45) is 0. The van der Waals surface area contributed by atoms with Gasteiger partial charge in [0.2, 0.25) is 5.89 Å². The van der Waals surface area contributed by atoms with Gasteiger partial charge in [-0.2, -0.15) is 0 Å². The Morgan fingerprint density at radius 2 is 1.95 bits per heavy atom. The van der Waals surface area contributed by atoms with Crippen molar-refractivity contribution in [1.29, 1.82) is 0 Å². The molecule has 1 aromatic heterocycles. The first-order valence-corrected chi connectivity index (χ1v) is 7.05. The topological polar surface area (TPSA) is 26.0 Å². The minimum atomic E-state index is 0.595. The highest BCUT2D eigenvalue weighted by molar-refractivity contribution is 9.10. The van der Waals surface area contributed by atoms with Gasteiger partial charge in [0.05, 0.1) is 5.02 Å². The largest absolute Gasteiger partial charge is 0.436 e. The summed E-state index contributed by atoms with van der Waals surface area (Å²) in [6.45, 7) is 4.08. The van der Waals surface area contributed by atoms with Crippen LogP contribution >= 0.6 is 27.5 Å². The van der Waals surface area contributed by atoms with Gasteiger partial charge >= 0.3 is 0 Å². The first-order chi connectivity index (χ1) is 9.04. The van der Waals surface area contributed by atoms with Crippen LogP contribution in [0.3, 0.4) is 0 Å². The number of hydrogen-bond acceptors (Lipinski definition) is 2. The van der Waals surface area contributed by atoms with Crippen molar-refractivity contribution in [1.82, 2.24) is 4.98 Å². The van der Waals surface area contributed by atoms with E-state index in [1.54, 1.807) is 0 Å². The van der Waals surface area contributed by atoms with E-state index in [1.807, 2.05) is 31.2 Å². The number of fused-ring (bicyclic) bond motifs is 1. The number of halogens is 2. The lowest BCUT2D eigenvalue weighted by Gasteiger charge is -1.98. The molecule has 0 aliphatic carbocycles. The smallest absolute Gasteiger partial charge is 0.227 e. The van der Waals surface area contributed by atoms with Crippen LogP contribution in [0.1, 0.15) is 11.1 Å². The third-order valence-electron chi connectivity index (χ3n) is 2.99. The molecule has 96 valence electrons. The number of benzene rings is 2. The van der Waals surface area contributed by atoms with E-state index in [1.165, 1.54) is 5.56 Å². The van der Waals surface area contributed by atoms with Gasteiger partial charge in [0.1, 0.15) is 5.52 Å². The molecule has 0 spiro atoms. The first kappa shape index (κ1) is 12.7. The van der Waals surface area contributed by atoms with Gasteiger partial charge in [-0.1, -0.05) is 17.7 Å². The van der Waals surface area contributed by atoms with Gasteiger partial charge in [0.25, 0.3) is 0 Å². The molecule has 2 aromatic carbocycles. The molecular weight excluding hydrogens is 326 g/mol. The summed E-state index contributed by atoms with van der Waals surface area (Å²) < 4.78 is 6.71. The highest BCUT2D eigenvalue weighted by Crippen LogP contribution is 2.31. The van der Waals surface area contributed by atoms with E-state index in [4.69, 9.17) is 16.0 Å². The van der Waals surface area contributed by atoms with Crippen molar-refractivity contribution >= 4 is 38.6 Å². The Bertz CT molecular complexity index is 779. The zero-order valence-electron chi connectivity index (χ0n) is 10.5. The van der Waals surface area contributed by atoms with E-state index < -0.39 is 0 Å². The molecule has 0 unspecified atom stereocenters. The molecule has 0 radical (unpaired) electrons. The molecule has 2 nitrogen and oxygen atoms in total. The predicted octanol–water partition coefficient (Wildman–Crippen LogP) is 5.53. The van der Waals surface area contributed by atoms with Gasteiger partial charge in [0, 0.05) is 10.0 Å². The Labute approximate surface area is 124 Å². The predicted molar refractivity (Wildman–Crippen MR) is 81.6 cm³/mol. The number of hydrogen-bond donors (Lipinski definition) is 0. The van der Waals surface area contributed by atoms with Crippen molar-refractivity contribution in [3.8, 4) is 11.5 Å². The Hall–Kier alpha value is -1.32. The van der Waals surface area contributed by atoms with Crippen LogP contribution in [0.4, 0.5) is 0 Å². The van der Waals surface area contributed by atoms with Crippen LogP contribution in [0.2, 0.25) is 5.02 Å². The second kappa shape index (κ2) is 4.66. The zero-order valence-corrected chi connectivity index (χ0v) is 12.8. The SMILES string of the molecule is Cc1cc(C)c2oc(-c3ccc(Br)c(Cl)c3)nc2c1. The van der Waals surface area contributed by atoms with Gasteiger partial charge in [0.15, 0.2) is 5.58 Å². The molecule has 0 bridgehead atoms. The van der Waals surface area contributed by atoms with Crippen molar-refractivity contribution in [2.45, 2.75) is 13.8 Å². The van der Waals surface area contributed by atoms with Crippen LogP contribution in [-0.2, 0) is 0 Å². The summed E-state index contributed by atoms with van der Waals surface area (Å²) in [5, 5.41) is 0.646. The number of oxazole rings is 1. The standard InChI is InChI=1S/C15H11BrClNO/c1-8-5-9(2)14-13(6-8)18-15(19-14)10-3-4-11(16)12(17)7-10/h3-7H,1-2H3. The van der Waals surface area contributed by atoms with Crippen molar-refractivity contribution in [2.75, 3.05) is 0 Å². The molecule has 0 N–H and O–H groups in total. The van der Waals surface area contributed by atoms with Gasteiger partial charge < -0.3 is 4.42 Å². The van der Waals surface area contributed by atoms with Crippen LogP contribution in [-0.4, -0.2) is 4.98 Å². The summed E-state index contributed by atoms with van der Waals surface area (Å²) in [6, 6.07) is 9.79. The van der Waals surface area contributed by atoms with Crippen molar-refractivity contribution in [3.63, 3.8) is 0 Å². The molecule has 0 saturated carbocycles. The first-order valence-electron chi connectivity index (χ1n) is 5.88. The number of aryl methyl sites for hydroxylation is 2. The second-order valence-corrected chi connectivity index (χ2v) is 5.84. The van der Waals surface area contributed by atoms with E-state index in [0.29, 0.717) is 10.9 Å². The van der Waals surface area contributed by atoms with E-state index in [9.17, 15) is 0 Å². The lowest BCUT2D eigenvalue weighted by atomic mass is 10.1. The van der Waals surface area contributed by atoms with Gasteiger partial charge in [-0.15, -0.1) is 0 Å². The molecule has 0 saturated heterocycles. The average molecular weight is 337 g/mol. The average Bonchev–Trinajstić information content (AvgIpc) is 2.76. The maximum absolute atomic E-state index is 6.10. The molecular formula is C15H11BrClNO. The van der Waals surface area contributed by atoms with E-state index in [-0.39, 0.29) is 0 Å². The lowest BCUT2D eigenvalue weighted by molar-refractivity contribution is 0.617. The molecule has 0 fully saturated rings. The fourth-order valence-corrected chi connectivity index (χ4v) is 2.56. The molecule has 4 heteroatoms. The second-order valence-electron chi connectivity index (χ2n) is 4.58. The maximum Gasteiger partial charge on any atom is 0.227 e. The minimum absolute atomic E-state index is 0.595. The summed E-state index contributed by atoms with van der Waals surface area (Å²) >= 11 is 9.48. The summed E-state index contributed by atoms with van der Waals surface area (Å²) in [5.74, 6) is 0.595. The highest BCUT2D eigenvalue weighted by Gasteiger charge is 2.11. The third kappa shape index (κ3) is 2.28. The molecule has 1 heterocycles. The van der Waals surface area contributed by atoms with Crippen LogP contribution in [0.5, 0.6) is 0 Å². The van der Waals surface area contributed by atoms with Gasteiger partial charge in [-0.25, -0.2) is 4.98 Å². The molecule has 19 heavy (non-hydrogen) atoms. The van der Waals surface area contributed by atoms with E-state index in [2.05, 4.69) is 33.9 Å². The number of rotatable bonds is 1. The molecule has 0 aliphatic heterocycles. The van der Waals surface area contributed by atoms with Crippen molar-refractivity contribution in [2.24, 2.45) is 0 Å². The fourth-order valence-electron chi connectivity index (χ4n) is 2.13. The molecule has 3 aromatic rings. The number of nitrogens with zero attached hydrogens (tertiary/aromatic N) is 1. The van der Waals surface area contributed by atoms with Gasteiger partial charge in [-0.3, -0.25) is 0 Å². The molecule has 0 amide bonds. The Balaban J connectivity index is 2.20. The molecule has 0 aliphatic rings. The van der Waals surface area contributed by atoms with E-state index in [0.717, 1.165) is 26.7 Å². The summed E-state index contributed by atoms with van der Waals surface area (Å²) in [5.41, 5.74) is 4.86. The minimum Gasteiger partial charge on any atom is -0.436 e. The normalized spacial score (nSPS) is 11.2. The van der Waals surface area contributed by atoms with E-state index >= 15 is 0 Å². The van der Waals surface area contributed by atoms with Crippen LogP contribution in [0.25, 0.3) is 22.6 Å². The van der Waals surface area contributed by atoms with Crippen molar-refractivity contribution in [3.05, 3.63) is 51.0 Å². The summed E-state index contributed by atoms with van der Waals surface area (Å²) in [4.78, 5) is 4.53. The zero-order chi connectivity index (χ0) is 13.6. The molecule has 3 rings (SSSR count). The Morgan fingerprint density at radius 3 is 2.68 bits per heavy atom. The Kier molecular flexibility index (Phi) is 3.11. The third-order valence-corrected chi connectivity index (χ3v) is 4.22. The van der Waals surface area contributed by atoms with Gasteiger partial charge in [-0.05, 0) is 65.2 Å². The van der Waals surface area contributed by atoms with Crippen LogP contribution in [0.15, 0.2) is 39.2 Å². The highest BCUT2D eigenvalue weighted by atomic mass is 79.9. The lowest BCUT2D eigenvalue weighted by Crippen LogP contribution is -1.78. The number of aromatic nitrogens is 1.